The summed E-state index contributed by atoms with van der Waals surface area (Å²) in [4.78, 5) is 14.6. The van der Waals surface area contributed by atoms with Crippen LogP contribution < -0.4 is 4.31 Å². The minimum Gasteiger partial charge on any atom is -0.505 e. The van der Waals surface area contributed by atoms with Gasteiger partial charge < -0.3 is 10.2 Å². The second kappa shape index (κ2) is 4.45. The quantitative estimate of drug-likeness (QED) is 0.807. The maximum Gasteiger partial charge on any atom is 0.339 e. The van der Waals surface area contributed by atoms with Gasteiger partial charge >= 0.3 is 5.97 Å². The van der Waals surface area contributed by atoms with E-state index in [0.29, 0.717) is 12.8 Å². The number of carboxylic acid groups (broad SMARTS) is 1. The fourth-order valence-electron chi connectivity index (χ4n) is 1.79. The summed E-state index contributed by atoms with van der Waals surface area (Å²) in [5.41, 5.74) is -0.360. The summed E-state index contributed by atoms with van der Waals surface area (Å²) >= 11 is 0. The van der Waals surface area contributed by atoms with E-state index < -0.39 is 21.7 Å². The van der Waals surface area contributed by atoms with Gasteiger partial charge in [0.2, 0.25) is 10.0 Å². The highest BCUT2D eigenvalue weighted by Crippen LogP contribution is 2.25. The number of sulfonamides is 1. The third-order valence-corrected chi connectivity index (χ3v) is 4.55. The van der Waals surface area contributed by atoms with Crippen molar-refractivity contribution in [3.05, 3.63) is 17.8 Å². The molecule has 7 nitrogen and oxygen atoms in total. The molecule has 2 N–H and O–H groups in total. The minimum absolute atomic E-state index is 0.0258. The van der Waals surface area contributed by atoms with Crippen molar-refractivity contribution in [3.8, 4) is 5.75 Å². The highest BCUT2D eigenvalue weighted by Gasteiger charge is 2.28. The summed E-state index contributed by atoms with van der Waals surface area (Å²) in [6.45, 7) is 0.277. The molecule has 0 amide bonds. The van der Waals surface area contributed by atoms with Crippen LogP contribution in [0.15, 0.2) is 12.3 Å². The molecule has 0 aliphatic carbocycles. The number of aromatic carboxylic acids is 1. The van der Waals surface area contributed by atoms with E-state index in [2.05, 4.69) is 4.98 Å². The van der Waals surface area contributed by atoms with Crippen LogP contribution >= 0.6 is 0 Å². The number of aromatic nitrogens is 1. The Hall–Kier alpha value is -1.83. The lowest BCUT2D eigenvalue weighted by atomic mass is 10.2. The van der Waals surface area contributed by atoms with Gasteiger partial charge in [0, 0.05) is 6.54 Å². The molecule has 1 saturated heterocycles. The number of nitrogens with zero attached hydrogens (tertiary/aromatic N) is 2. The highest BCUT2D eigenvalue weighted by molar-refractivity contribution is 7.92. The van der Waals surface area contributed by atoms with Gasteiger partial charge in [0.05, 0.1) is 11.9 Å². The normalized spacial score (nSPS) is 18.6. The second-order valence-electron chi connectivity index (χ2n) is 3.96. The van der Waals surface area contributed by atoms with Gasteiger partial charge in [-0.15, -0.1) is 0 Å². The molecule has 8 heteroatoms. The van der Waals surface area contributed by atoms with Crippen molar-refractivity contribution >= 4 is 21.8 Å². The van der Waals surface area contributed by atoms with Crippen LogP contribution in [0.5, 0.6) is 5.75 Å². The molecular weight excluding hydrogens is 260 g/mol. The summed E-state index contributed by atoms with van der Waals surface area (Å²) in [6.07, 6.45) is 2.23. The molecule has 0 unspecified atom stereocenters. The standard InChI is InChI=1S/C10H12N2O5S/c13-8-6-11-9(5-7(8)10(14)15)12-3-1-2-4-18(12,16)17/h5-6,13H,1-4H2,(H,14,15). The van der Waals surface area contributed by atoms with Gasteiger partial charge in [-0.2, -0.15) is 0 Å². The smallest absolute Gasteiger partial charge is 0.339 e. The zero-order valence-corrected chi connectivity index (χ0v) is 10.2. The van der Waals surface area contributed by atoms with Crippen LogP contribution in [-0.2, 0) is 10.0 Å². The summed E-state index contributed by atoms with van der Waals surface area (Å²) in [6, 6.07) is 1.07. The lowest BCUT2D eigenvalue weighted by Crippen LogP contribution is -2.38. The number of hydrogen-bond acceptors (Lipinski definition) is 5. The lowest BCUT2D eigenvalue weighted by Gasteiger charge is -2.27. The van der Waals surface area contributed by atoms with Gasteiger partial charge in [-0.1, -0.05) is 0 Å². The van der Waals surface area contributed by atoms with Gasteiger partial charge in [0.1, 0.15) is 17.1 Å². The molecule has 18 heavy (non-hydrogen) atoms. The lowest BCUT2D eigenvalue weighted by molar-refractivity contribution is 0.0693. The van der Waals surface area contributed by atoms with Crippen LogP contribution in [0.2, 0.25) is 0 Å². The zero-order chi connectivity index (χ0) is 13.3. The van der Waals surface area contributed by atoms with Gasteiger partial charge in [0.15, 0.2) is 0 Å². The predicted molar refractivity (Wildman–Crippen MR) is 63.2 cm³/mol. The van der Waals surface area contributed by atoms with E-state index >= 15 is 0 Å². The van der Waals surface area contributed by atoms with E-state index in [1.54, 1.807) is 0 Å². The molecule has 0 bridgehead atoms. The van der Waals surface area contributed by atoms with E-state index in [0.717, 1.165) is 16.6 Å². The minimum atomic E-state index is -3.44. The van der Waals surface area contributed by atoms with E-state index in [1.807, 2.05) is 0 Å². The number of anilines is 1. The van der Waals surface area contributed by atoms with Crippen molar-refractivity contribution in [1.82, 2.24) is 4.98 Å². The van der Waals surface area contributed by atoms with Gasteiger partial charge in [0.25, 0.3) is 0 Å². The SMILES string of the molecule is O=C(O)c1cc(N2CCCCS2(=O)=O)ncc1O. The van der Waals surface area contributed by atoms with E-state index in [1.165, 1.54) is 0 Å². The average Bonchev–Trinajstić information content (AvgIpc) is 2.29. The van der Waals surface area contributed by atoms with Crippen molar-refractivity contribution < 1.29 is 23.4 Å². The van der Waals surface area contributed by atoms with Crippen molar-refractivity contribution in [2.24, 2.45) is 0 Å². The Morgan fingerprint density at radius 3 is 2.72 bits per heavy atom. The maximum absolute atomic E-state index is 11.8. The van der Waals surface area contributed by atoms with Gasteiger partial charge in [-0.25, -0.2) is 18.2 Å². The molecule has 1 aliphatic heterocycles. The van der Waals surface area contributed by atoms with E-state index in [9.17, 15) is 18.3 Å². The van der Waals surface area contributed by atoms with Crippen LogP contribution in [0, 0.1) is 0 Å². The maximum atomic E-state index is 11.8. The Labute approximate surface area is 104 Å². The molecule has 0 saturated carbocycles. The molecule has 0 aromatic carbocycles. The first kappa shape index (κ1) is 12.6. The van der Waals surface area contributed by atoms with Crippen LogP contribution in [0.1, 0.15) is 23.2 Å². The Morgan fingerprint density at radius 2 is 2.11 bits per heavy atom. The van der Waals surface area contributed by atoms with Crippen LogP contribution in [0.3, 0.4) is 0 Å². The van der Waals surface area contributed by atoms with Crippen LogP contribution in [0.4, 0.5) is 5.82 Å². The molecule has 0 atom stereocenters. The molecular formula is C10H12N2O5S. The summed E-state index contributed by atoms with van der Waals surface area (Å²) < 4.78 is 24.7. The summed E-state index contributed by atoms with van der Waals surface area (Å²) in [5, 5.41) is 18.2. The first-order chi connectivity index (χ1) is 8.42. The predicted octanol–water partition coefficient (Wildman–Crippen LogP) is 0.415. The number of hydrogen-bond donors (Lipinski definition) is 2. The Bertz CT molecular complexity index is 584. The van der Waals surface area contributed by atoms with E-state index in [-0.39, 0.29) is 23.7 Å². The Morgan fingerprint density at radius 1 is 1.39 bits per heavy atom. The Balaban J connectivity index is 2.45. The second-order valence-corrected chi connectivity index (χ2v) is 5.97. The number of carbonyl (C=O) groups is 1. The molecule has 1 aromatic rings. The van der Waals surface area contributed by atoms with Crippen molar-refractivity contribution in [1.29, 1.82) is 0 Å². The number of rotatable bonds is 2. The number of pyridine rings is 1. The summed E-state index contributed by atoms with van der Waals surface area (Å²) in [5.74, 6) is -1.76. The van der Waals surface area contributed by atoms with Crippen molar-refractivity contribution in [3.63, 3.8) is 0 Å². The molecule has 2 rings (SSSR count). The zero-order valence-electron chi connectivity index (χ0n) is 9.40. The van der Waals surface area contributed by atoms with Crippen LogP contribution in [-0.4, -0.2) is 41.9 Å². The molecule has 1 aromatic heterocycles. The third kappa shape index (κ3) is 2.23. The van der Waals surface area contributed by atoms with E-state index in [4.69, 9.17) is 5.11 Å². The average molecular weight is 272 g/mol. The number of carboxylic acids is 1. The fraction of sp³-hybridized carbons (Fsp3) is 0.400. The first-order valence-electron chi connectivity index (χ1n) is 5.34. The van der Waals surface area contributed by atoms with Gasteiger partial charge in [-0.3, -0.25) is 4.31 Å². The first-order valence-corrected chi connectivity index (χ1v) is 6.95. The van der Waals surface area contributed by atoms with Crippen molar-refractivity contribution in [2.45, 2.75) is 12.8 Å². The topological polar surface area (TPSA) is 108 Å². The highest BCUT2D eigenvalue weighted by atomic mass is 32.2. The largest absolute Gasteiger partial charge is 0.505 e. The number of aromatic hydroxyl groups is 1. The molecule has 0 radical (unpaired) electrons. The monoisotopic (exact) mass is 272 g/mol. The summed E-state index contributed by atoms with van der Waals surface area (Å²) in [7, 11) is -3.44. The Kier molecular flexibility index (Phi) is 3.12. The fourth-order valence-corrected chi connectivity index (χ4v) is 3.37. The van der Waals surface area contributed by atoms with Crippen molar-refractivity contribution in [2.75, 3.05) is 16.6 Å². The third-order valence-electron chi connectivity index (χ3n) is 2.70. The molecule has 98 valence electrons. The molecule has 1 fully saturated rings. The molecule has 1 aliphatic rings. The van der Waals surface area contributed by atoms with Gasteiger partial charge in [-0.05, 0) is 18.9 Å². The molecule has 2 heterocycles. The van der Waals surface area contributed by atoms with Crippen LogP contribution in [0.25, 0.3) is 0 Å². The molecule has 0 spiro atoms.